The second-order valence-electron chi connectivity index (χ2n) is 2.75. The highest BCUT2D eigenvalue weighted by Gasteiger charge is 2.15. The molecule has 0 unspecified atom stereocenters. The number of carbonyl (C=O) groups is 1. The van der Waals surface area contributed by atoms with Crippen LogP contribution in [0, 0.1) is 0 Å². The van der Waals surface area contributed by atoms with Gasteiger partial charge in [-0.3, -0.25) is 0 Å². The lowest BCUT2D eigenvalue weighted by molar-refractivity contribution is 0.0601. The molecule has 0 aliphatic carbocycles. The number of methoxy groups -OCH3 is 1. The smallest absolute Gasteiger partial charge is 0.465 e. The summed E-state index contributed by atoms with van der Waals surface area (Å²) in [4.78, 5) is 11.1. The van der Waals surface area contributed by atoms with Crippen LogP contribution in [0.5, 0.6) is 0 Å². The number of anilines is 1. The molecule has 0 radical (unpaired) electrons. The van der Waals surface area contributed by atoms with Gasteiger partial charge in [0.2, 0.25) is 0 Å². The molecule has 0 aromatic heterocycles. The predicted molar refractivity (Wildman–Crippen MR) is 52.0 cm³/mol. The number of ether oxygens (including phenoxy) is 1. The second kappa shape index (κ2) is 4.12. The molecule has 0 spiro atoms. The van der Waals surface area contributed by atoms with Gasteiger partial charge in [-0.1, -0.05) is 0 Å². The fraction of sp³-hybridized carbons (Fsp3) is 0.125. The van der Waals surface area contributed by atoms with Crippen molar-refractivity contribution in [2.45, 2.75) is 0 Å². The lowest BCUT2D eigenvalue weighted by Crippen LogP contribution is -2.30. The molecule has 0 saturated carbocycles. The van der Waals surface area contributed by atoms with E-state index in [2.05, 4.69) is 4.74 Å². The molecule has 0 heterocycles. The van der Waals surface area contributed by atoms with Crippen LogP contribution in [-0.4, -0.2) is 30.2 Å². The summed E-state index contributed by atoms with van der Waals surface area (Å²) in [7, 11) is -0.414. The van der Waals surface area contributed by atoms with Crippen molar-refractivity contribution in [2.75, 3.05) is 12.8 Å². The molecule has 74 valence electrons. The quantitative estimate of drug-likeness (QED) is 0.311. The van der Waals surface area contributed by atoms with Crippen LogP contribution in [0.1, 0.15) is 10.4 Å². The molecule has 0 bridgehead atoms. The number of esters is 1. The Kier molecular flexibility index (Phi) is 3.11. The van der Waals surface area contributed by atoms with Crippen LogP contribution in [-0.2, 0) is 4.74 Å². The van der Waals surface area contributed by atoms with Gasteiger partial charge in [-0.25, -0.2) is 4.79 Å². The Hall–Kier alpha value is -1.53. The Balaban J connectivity index is 3.13. The van der Waals surface area contributed by atoms with Gasteiger partial charge >= 0.3 is 13.1 Å². The summed E-state index contributed by atoms with van der Waals surface area (Å²) < 4.78 is 4.47. The Labute approximate surface area is 81.3 Å². The fourth-order valence-electron chi connectivity index (χ4n) is 1.06. The summed E-state index contributed by atoms with van der Waals surface area (Å²) in [6.07, 6.45) is 0. The Bertz CT molecular complexity index is 353. The molecule has 0 fully saturated rings. The van der Waals surface area contributed by atoms with E-state index >= 15 is 0 Å². The summed E-state index contributed by atoms with van der Waals surface area (Å²) in [6.45, 7) is 0. The zero-order chi connectivity index (χ0) is 10.7. The molecule has 1 rings (SSSR count). The summed E-state index contributed by atoms with van der Waals surface area (Å²) >= 11 is 0. The Morgan fingerprint density at radius 3 is 2.57 bits per heavy atom. The first-order chi connectivity index (χ1) is 6.54. The predicted octanol–water partition coefficient (Wildman–Crippen LogP) is -1.26. The van der Waals surface area contributed by atoms with E-state index in [0.717, 1.165) is 0 Å². The Morgan fingerprint density at radius 1 is 1.43 bits per heavy atom. The maximum atomic E-state index is 11.1. The van der Waals surface area contributed by atoms with E-state index in [9.17, 15) is 4.79 Å². The zero-order valence-corrected chi connectivity index (χ0v) is 7.60. The van der Waals surface area contributed by atoms with Gasteiger partial charge in [-0.15, -0.1) is 0 Å². The van der Waals surface area contributed by atoms with Crippen LogP contribution in [0.15, 0.2) is 18.2 Å². The van der Waals surface area contributed by atoms with Gasteiger partial charge < -0.3 is 20.5 Å². The monoisotopic (exact) mass is 195 g/mol. The summed E-state index contributed by atoms with van der Waals surface area (Å²) in [6, 6.07) is 4.08. The molecule has 0 amide bonds. The maximum Gasteiger partial charge on any atom is 0.488 e. The molecule has 1 aromatic rings. The Morgan fingerprint density at radius 2 is 2.07 bits per heavy atom. The molecule has 5 nitrogen and oxygen atoms in total. The van der Waals surface area contributed by atoms with Crippen LogP contribution in [0.25, 0.3) is 0 Å². The van der Waals surface area contributed by atoms with E-state index in [0.29, 0.717) is 0 Å². The molecular formula is C8H10BNO4. The van der Waals surface area contributed by atoms with Crippen LogP contribution in [0.3, 0.4) is 0 Å². The maximum absolute atomic E-state index is 11.1. The van der Waals surface area contributed by atoms with E-state index in [1.165, 1.54) is 25.3 Å². The van der Waals surface area contributed by atoms with Crippen LogP contribution in [0.4, 0.5) is 5.69 Å². The van der Waals surface area contributed by atoms with E-state index in [1.54, 1.807) is 0 Å². The number of hydrogen-bond acceptors (Lipinski definition) is 5. The standard InChI is InChI=1S/C8H10BNO4/c1-14-8(11)5-2-6(9(12)13)4-7(10)3-5/h2-4,12-13H,10H2,1H3. The molecule has 4 N–H and O–H groups in total. The van der Waals surface area contributed by atoms with Crippen LogP contribution < -0.4 is 11.2 Å². The molecular weight excluding hydrogens is 185 g/mol. The van der Waals surface area contributed by atoms with Gasteiger partial charge in [-0.05, 0) is 23.7 Å². The van der Waals surface area contributed by atoms with Gasteiger partial charge in [-0.2, -0.15) is 0 Å². The lowest BCUT2D eigenvalue weighted by atomic mass is 9.79. The van der Waals surface area contributed by atoms with E-state index in [4.69, 9.17) is 15.8 Å². The topological polar surface area (TPSA) is 92.8 Å². The first-order valence-corrected chi connectivity index (χ1v) is 3.89. The third-order valence-electron chi connectivity index (χ3n) is 1.70. The fourth-order valence-corrected chi connectivity index (χ4v) is 1.06. The van der Waals surface area contributed by atoms with Crippen molar-refractivity contribution in [1.82, 2.24) is 0 Å². The first kappa shape index (κ1) is 10.6. The number of carbonyl (C=O) groups excluding carboxylic acids is 1. The van der Waals surface area contributed by atoms with Crippen LogP contribution in [0.2, 0.25) is 0 Å². The van der Waals surface area contributed by atoms with Crippen molar-refractivity contribution in [3.63, 3.8) is 0 Å². The molecule has 6 heteroatoms. The molecule has 0 saturated heterocycles. The van der Waals surface area contributed by atoms with Gasteiger partial charge in [0, 0.05) is 5.69 Å². The lowest BCUT2D eigenvalue weighted by Gasteiger charge is -2.04. The van der Waals surface area contributed by atoms with E-state index < -0.39 is 13.1 Å². The largest absolute Gasteiger partial charge is 0.488 e. The average Bonchev–Trinajstić information content (AvgIpc) is 2.15. The van der Waals surface area contributed by atoms with Crippen molar-refractivity contribution in [2.24, 2.45) is 0 Å². The van der Waals surface area contributed by atoms with E-state index in [-0.39, 0.29) is 16.7 Å². The third kappa shape index (κ3) is 2.24. The number of benzene rings is 1. The summed E-state index contributed by atoms with van der Waals surface area (Å²) in [5.74, 6) is -0.570. The molecule has 14 heavy (non-hydrogen) atoms. The third-order valence-corrected chi connectivity index (χ3v) is 1.70. The highest BCUT2D eigenvalue weighted by Crippen LogP contribution is 2.06. The van der Waals surface area contributed by atoms with Gasteiger partial charge in [0.05, 0.1) is 12.7 Å². The van der Waals surface area contributed by atoms with Crippen molar-refractivity contribution in [3.05, 3.63) is 23.8 Å². The van der Waals surface area contributed by atoms with Crippen molar-refractivity contribution >= 4 is 24.2 Å². The second-order valence-corrected chi connectivity index (χ2v) is 2.75. The number of nitrogens with two attached hydrogens (primary N) is 1. The molecule has 0 aliphatic rings. The minimum absolute atomic E-state index is 0.158. The first-order valence-electron chi connectivity index (χ1n) is 3.89. The van der Waals surface area contributed by atoms with Crippen LogP contribution >= 0.6 is 0 Å². The molecule has 0 atom stereocenters. The average molecular weight is 195 g/mol. The summed E-state index contributed by atoms with van der Waals surface area (Å²) in [5.41, 5.74) is 6.08. The number of rotatable bonds is 2. The van der Waals surface area contributed by atoms with Crippen molar-refractivity contribution in [3.8, 4) is 0 Å². The highest BCUT2D eigenvalue weighted by molar-refractivity contribution is 6.58. The van der Waals surface area contributed by atoms with Gasteiger partial charge in [0.1, 0.15) is 0 Å². The van der Waals surface area contributed by atoms with E-state index in [1.807, 2.05) is 0 Å². The van der Waals surface area contributed by atoms with Gasteiger partial charge in [0.15, 0.2) is 0 Å². The van der Waals surface area contributed by atoms with Crippen molar-refractivity contribution in [1.29, 1.82) is 0 Å². The molecule has 1 aromatic carbocycles. The minimum Gasteiger partial charge on any atom is -0.465 e. The number of nitrogen functional groups attached to an aromatic ring is 1. The minimum atomic E-state index is -1.65. The normalized spacial score (nSPS) is 9.64. The zero-order valence-electron chi connectivity index (χ0n) is 7.60. The highest BCUT2D eigenvalue weighted by atomic mass is 16.5. The van der Waals surface area contributed by atoms with Gasteiger partial charge in [0.25, 0.3) is 0 Å². The van der Waals surface area contributed by atoms with Crippen molar-refractivity contribution < 1.29 is 19.6 Å². The molecule has 0 aliphatic heterocycles. The number of hydrogen-bond donors (Lipinski definition) is 3. The SMILES string of the molecule is COC(=O)c1cc(N)cc(B(O)O)c1. The summed E-state index contributed by atoms with van der Waals surface area (Å²) in [5, 5.41) is 17.7.